The molecule has 0 unspecified atom stereocenters. The number of carboxylic acids is 2. The number of hydrogen-bond donors (Lipinski definition) is 0. The Bertz CT molecular complexity index is 461. The molecule has 156 valence electrons. The number of carbonyl (C=O) groups excluding carboxylic acids is 2. The van der Waals surface area contributed by atoms with Crippen LogP contribution in [0.1, 0.15) is 0 Å². The normalized spacial score (nSPS) is 13.9. The van der Waals surface area contributed by atoms with E-state index in [2.05, 4.69) is 0 Å². The first-order valence-corrected chi connectivity index (χ1v) is 6.55. The molecule has 0 saturated carbocycles. The van der Waals surface area contributed by atoms with Crippen LogP contribution in [-0.2, 0) is 9.59 Å². The number of alkyl halides is 14. The van der Waals surface area contributed by atoms with E-state index in [1.165, 1.54) is 0 Å². The van der Waals surface area contributed by atoms with E-state index in [4.69, 9.17) is 0 Å². The van der Waals surface area contributed by atoms with E-state index >= 15 is 0 Å². The van der Waals surface area contributed by atoms with E-state index in [9.17, 15) is 72.5 Å². The van der Waals surface area contributed by atoms with Crippen LogP contribution in [0.15, 0.2) is 0 Å². The van der Waals surface area contributed by atoms with Gasteiger partial charge >= 0.3 is 62.4 Å². The van der Waals surface area contributed by atoms with Crippen LogP contribution in [0.25, 0.3) is 0 Å². The summed E-state index contributed by atoms with van der Waals surface area (Å²) < 4.78 is 130. The van der Waals surface area contributed by atoms with Gasteiger partial charge in [0.1, 0.15) is 0 Å². The maximum absolute atomic E-state index is 11.7. The Kier molecular flexibility index (Phi) is 11.2. The van der Waals surface area contributed by atoms with E-state index in [-0.39, 0.29) is 37.7 Å². The predicted molar refractivity (Wildman–Crippen MR) is 63.3 cm³/mol. The third kappa shape index (κ3) is 6.67. The van der Waals surface area contributed by atoms with Gasteiger partial charge in [-0.05, 0) is 0 Å². The van der Waals surface area contributed by atoms with Gasteiger partial charge in [-0.2, -0.15) is 52.7 Å². The second-order valence-electron chi connectivity index (χ2n) is 3.88. The van der Waals surface area contributed by atoms with Crippen molar-refractivity contribution in [2.45, 2.75) is 33.4 Å². The molecule has 0 aliphatic heterocycles. The summed E-state index contributed by atoms with van der Waals surface area (Å²) >= 11 is 2.16. The van der Waals surface area contributed by atoms with Gasteiger partial charge in [0.15, 0.2) is 0 Å². The predicted octanol–water partition coefficient (Wildman–Crippen LogP) is 1.61. The van der Waals surface area contributed by atoms with E-state index in [1.807, 2.05) is 0 Å². The summed E-state index contributed by atoms with van der Waals surface area (Å²) in [6.45, 7) is 0. The maximum Gasteiger partial charge on any atom is 2.00 e. The fraction of sp³-hybridized carbons (Fsp3) is 0.750. The third-order valence-corrected chi connectivity index (χ3v) is 4.57. The van der Waals surface area contributed by atoms with Crippen molar-refractivity contribution >= 4 is 81.5 Å². The van der Waals surface area contributed by atoms with E-state index in [0.717, 1.165) is 31.9 Å². The number of carbonyl (C=O) groups is 2. The molecule has 0 spiro atoms. The summed E-state index contributed by atoms with van der Waals surface area (Å²) in [4.78, 5) is 19.4. The van der Waals surface area contributed by atoms with Gasteiger partial charge in [0.05, 0.1) is 11.9 Å². The Morgan fingerprint density at radius 1 is 0.519 bits per heavy atom. The van der Waals surface area contributed by atoms with E-state index in [1.54, 1.807) is 0 Å². The first kappa shape index (κ1) is 32.0. The molecule has 0 aromatic heterocycles. The number of rotatable bonds is 2. The first-order valence-electron chi connectivity index (χ1n) is 4.96. The second-order valence-corrected chi connectivity index (χ2v) is 6.26. The minimum Gasteiger partial charge on any atom is -0.548 e. The molecule has 0 atom stereocenters. The Hall–Kier alpha value is 0.320. The van der Waals surface area contributed by atoms with Crippen molar-refractivity contribution in [1.29, 1.82) is 0 Å². The monoisotopic (exact) mass is 586 g/mol. The van der Waals surface area contributed by atoms with Gasteiger partial charge < -0.3 is 19.8 Å². The van der Waals surface area contributed by atoms with Crippen LogP contribution in [0.5, 0.6) is 0 Å². The Morgan fingerprint density at radius 3 is 0.630 bits per heavy atom. The van der Waals surface area contributed by atoms with Gasteiger partial charge in [-0.3, -0.25) is 0 Å². The Labute approximate surface area is 186 Å². The van der Waals surface area contributed by atoms with Crippen LogP contribution in [0.4, 0.5) is 52.7 Å². The molecule has 0 aliphatic carbocycles. The van der Waals surface area contributed by atoms with Gasteiger partial charge in [0, 0.05) is 0 Å². The van der Waals surface area contributed by atoms with Crippen molar-refractivity contribution in [3.8, 4) is 0 Å². The molecule has 0 bridgehead atoms. The molecule has 0 fully saturated rings. The number of carboxylic acid groups (broad SMARTS) is 2. The third-order valence-electron chi connectivity index (χ3n) is 2.13. The molecular formula is C8Br2CaF12O4. The number of halogens is 14. The minimum atomic E-state index is -6.01. The molecule has 4 nitrogen and oxygen atoms in total. The van der Waals surface area contributed by atoms with Crippen LogP contribution in [-0.4, -0.2) is 83.0 Å². The Balaban J connectivity index is -0.000000411. The summed E-state index contributed by atoms with van der Waals surface area (Å²) in [6, 6.07) is 0. The van der Waals surface area contributed by atoms with Crippen LogP contribution < -0.4 is 10.2 Å². The van der Waals surface area contributed by atoms with Crippen molar-refractivity contribution in [1.82, 2.24) is 0 Å². The van der Waals surface area contributed by atoms with Crippen LogP contribution in [0.3, 0.4) is 0 Å². The molecular weight excluding hydrogens is 588 g/mol. The average Bonchev–Trinajstić information content (AvgIpc) is 2.31. The SMILES string of the molecule is O=C([O-])C(Br)(C(F)(F)F)C(F)(F)F.O=C([O-])C(Br)(C(F)(F)F)C(F)(F)F.[Ca+2]. The zero-order valence-corrected chi connectivity index (χ0v) is 17.0. The van der Waals surface area contributed by atoms with Gasteiger partial charge in [0.25, 0.3) is 8.65 Å². The van der Waals surface area contributed by atoms with Crippen LogP contribution >= 0.6 is 31.9 Å². The largest absolute Gasteiger partial charge is 2.00 e. The molecule has 0 aromatic carbocycles. The zero-order chi connectivity index (χ0) is 22.2. The smallest absolute Gasteiger partial charge is 0.548 e. The van der Waals surface area contributed by atoms with E-state index < -0.39 is 45.3 Å². The van der Waals surface area contributed by atoms with Gasteiger partial charge in [-0.15, -0.1) is 0 Å². The van der Waals surface area contributed by atoms with Crippen molar-refractivity contribution in [3.63, 3.8) is 0 Å². The molecule has 0 rings (SSSR count). The van der Waals surface area contributed by atoms with Crippen molar-refractivity contribution in [2.75, 3.05) is 0 Å². The van der Waals surface area contributed by atoms with Crippen molar-refractivity contribution in [3.05, 3.63) is 0 Å². The topological polar surface area (TPSA) is 80.3 Å². The van der Waals surface area contributed by atoms with Gasteiger partial charge in [-0.1, -0.05) is 31.9 Å². The molecule has 0 amide bonds. The standard InChI is InChI=1S/2C4HBrF6O2.Ca/c2*5-2(1(12)13,3(6,7)8)4(9,10)11;/h2*(H,12,13);/q;;+2/p-2. The minimum absolute atomic E-state index is 0. The summed E-state index contributed by atoms with van der Waals surface area (Å²) in [7, 11) is 0. The average molecular weight is 588 g/mol. The Morgan fingerprint density at radius 2 is 0.630 bits per heavy atom. The number of hydrogen-bond acceptors (Lipinski definition) is 4. The number of aliphatic carboxylic acids is 2. The molecule has 19 heteroatoms. The van der Waals surface area contributed by atoms with Crippen molar-refractivity contribution in [2.24, 2.45) is 0 Å². The molecule has 0 heterocycles. The molecule has 0 radical (unpaired) electrons. The van der Waals surface area contributed by atoms with Gasteiger partial charge in [-0.25, -0.2) is 0 Å². The van der Waals surface area contributed by atoms with Crippen molar-refractivity contribution < 1.29 is 72.5 Å². The quantitative estimate of drug-likeness (QED) is 0.279. The van der Waals surface area contributed by atoms with Crippen LogP contribution in [0, 0.1) is 0 Å². The summed E-state index contributed by atoms with van der Waals surface area (Å²) in [6.07, 6.45) is -24.0. The fourth-order valence-corrected chi connectivity index (χ4v) is 0.784. The summed E-state index contributed by atoms with van der Waals surface area (Å²) in [5.41, 5.74) is 0. The second kappa shape index (κ2) is 9.42. The molecule has 0 N–H and O–H groups in total. The summed E-state index contributed by atoms with van der Waals surface area (Å²) in [5, 5.41) is 19.4. The molecule has 0 aromatic rings. The van der Waals surface area contributed by atoms with E-state index in [0.29, 0.717) is 0 Å². The zero-order valence-electron chi connectivity index (χ0n) is 11.6. The summed E-state index contributed by atoms with van der Waals surface area (Å²) in [5.74, 6) is -6.60. The molecule has 0 saturated heterocycles. The molecule has 27 heavy (non-hydrogen) atoms. The first-order chi connectivity index (χ1) is 10.9. The molecule has 0 aliphatic rings. The fourth-order valence-electron chi connectivity index (χ4n) is 0.784. The van der Waals surface area contributed by atoms with Gasteiger partial charge in [0.2, 0.25) is 0 Å². The van der Waals surface area contributed by atoms with Crippen LogP contribution in [0.2, 0.25) is 0 Å². The maximum atomic E-state index is 11.7.